The Bertz CT molecular complexity index is 773. The summed E-state index contributed by atoms with van der Waals surface area (Å²) >= 11 is 0. The number of carbonyl (C=O) groups is 1. The number of anilines is 1. The average Bonchev–Trinajstić information content (AvgIpc) is 3.28. The molecule has 2 atom stereocenters. The standard InChI is InChI=1S/C18H23N5O2/c1-11(2)15-4-17(20-10-19-15)22-5-13-7-23(8-14(13)6-22)18(24)16-9-25-12(3)21-16/h4,9-11,13-14H,5-8H2,1-3H3. The third-order valence-corrected chi connectivity index (χ3v) is 5.20. The van der Waals surface area contributed by atoms with Crippen molar-refractivity contribution in [1.29, 1.82) is 0 Å². The van der Waals surface area contributed by atoms with E-state index in [1.807, 2.05) is 4.90 Å². The van der Waals surface area contributed by atoms with E-state index in [0.29, 0.717) is 29.3 Å². The number of fused-ring (bicyclic) bond motifs is 1. The van der Waals surface area contributed by atoms with E-state index in [9.17, 15) is 4.79 Å². The summed E-state index contributed by atoms with van der Waals surface area (Å²) in [6.07, 6.45) is 3.11. The van der Waals surface area contributed by atoms with Crippen molar-refractivity contribution in [2.45, 2.75) is 26.7 Å². The second-order valence-electron chi connectivity index (χ2n) is 7.34. The molecule has 4 rings (SSSR count). The number of likely N-dealkylation sites (tertiary alicyclic amines) is 1. The molecule has 0 radical (unpaired) electrons. The molecule has 0 aromatic carbocycles. The molecule has 2 fully saturated rings. The highest BCUT2D eigenvalue weighted by Crippen LogP contribution is 2.34. The summed E-state index contributed by atoms with van der Waals surface area (Å²) in [5.74, 6) is 2.85. The molecule has 0 bridgehead atoms. The summed E-state index contributed by atoms with van der Waals surface area (Å²) in [5, 5.41) is 0. The Morgan fingerprint density at radius 1 is 1.20 bits per heavy atom. The topological polar surface area (TPSA) is 75.4 Å². The van der Waals surface area contributed by atoms with Gasteiger partial charge in [-0.2, -0.15) is 0 Å². The molecular weight excluding hydrogens is 318 g/mol. The van der Waals surface area contributed by atoms with Crippen LogP contribution in [0.5, 0.6) is 0 Å². The fourth-order valence-corrected chi connectivity index (χ4v) is 3.82. The maximum absolute atomic E-state index is 12.5. The van der Waals surface area contributed by atoms with Crippen LogP contribution in [0.2, 0.25) is 0 Å². The minimum absolute atomic E-state index is 0.0260. The van der Waals surface area contributed by atoms with Crippen molar-refractivity contribution in [3.8, 4) is 0 Å². The molecule has 0 aliphatic carbocycles. The third-order valence-electron chi connectivity index (χ3n) is 5.20. The SMILES string of the molecule is Cc1nc(C(=O)N2CC3CN(c4cc(C(C)C)ncn4)CC3C2)co1. The van der Waals surface area contributed by atoms with Crippen molar-refractivity contribution in [2.24, 2.45) is 11.8 Å². The highest BCUT2D eigenvalue weighted by atomic mass is 16.3. The number of rotatable bonds is 3. The van der Waals surface area contributed by atoms with E-state index < -0.39 is 0 Å². The number of hydrogen-bond donors (Lipinski definition) is 0. The molecule has 2 aromatic heterocycles. The van der Waals surface area contributed by atoms with Gasteiger partial charge in [-0.1, -0.05) is 13.8 Å². The Labute approximate surface area is 147 Å². The minimum Gasteiger partial charge on any atom is -0.448 e. The molecule has 2 aliphatic heterocycles. The van der Waals surface area contributed by atoms with Gasteiger partial charge in [0.2, 0.25) is 0 Å². The zero-order valence-corrected chi connectivity index (χ0v) is 14.8. The summed E-state index contributed by atoms with van der Waals surface area (Å²) in [5.41, 5.74) is 1.48. The average molecular weight is 341 g/mol. The van der Waals surface area contributed by atoms with Crippen LogP contribution in [0.3, 0.4) is 0 Å². The van der Waals surface area contributed by atoms with Crippen LogP contribution in [-0.4, -0.2) is 51.9 Å². The number of hydrogen-bond acceptors (Lipinski definition) is 6. The smallest absolute Gasteiger partial charge is 0.275 e. The molecule has 0 saturated carbocycles. The number of carbonyl (C=O) groups excluding carboxylic acids is 1. The zero-order chi connectivity index (χ0) is 17.6. The molecule has 2 saturated heterocycles. The maximum atomic E-state index is 12.5. The van der Waals surface area contributed by atoms with E-state index in [2.05, 4.69) is 39.8 Å². The maximum Gasteiger partial charge on any atom is 0.275 e. The summed E-state index contributed by atoms with van der Waals surface area (Å²) in [4.78, 5) is 29.7. The van der Waals surface area contributed by atoms with Crippen molar-refractivity contribution >= 4 is 11.7 Å². The molecule has 2 unspecified atom stereocenters. The highest BCUT2D eigenvalue weighted by Gasteiger charge is 2.42. The second-order valence-corrected chi connectivity index (χ2v) is 7.34. The summed E-state index contributed by atoms with van der Waals surface area (Å²) in [6, 6.07) is 2.09. The van der Waals surface area contributed by atoms with Crippen molar-refractivity contribution in [3.63, 3.8) is 0 Å². The molecule has 7 nitrogen and oxygen atoms in total. The lowest BCUT2D eigenvalue weighted by molar-refractivity contribution is 0.0776. The van der Waals surface area contributed by atoms with E-state index in [1.54, 1.807) is 13.3 Å². The van der Waals surface area contributed by atoms with E-state index in [0.717, 1.165) is 37.7 Å². The summed E-state index contributed by atoms with van der Waals surface area (Å²) < 4.78 is 5.16. The predicted molar refractivity (Wildman–Crippen MR) is 92.5 cm³/mol. The number of aryl methyl sites for hydroxylation is 1. The van der Waals surface area contributed by atoms with Crippen molar-refractivity contribution < 1.29 is 9.21 Å². The minimum atomic E-state index is -0.0260. The molecule has 2 aromatic rings. The van der Waals surface area contributed by atoms with Crippen LogP contribution < -0.4 is 4.90 Å². The largest absolute Gasteiger partial charge is 0.448 e. The van der Waals surface area contributed by atoms with E-state index in [1.165, 1.54) is 6.26 Å². The van der Waals surface area contributed by atoms with Gasteiger partial charge in [-0.05, 0) is 5.92 Å². The molecule has 0 N–H and O–H groups in total. The van der Waals surface area contributed by atoms with Gasteiger partial charge in [0.05, 0.1) is 0 Å². The Morgan fingerprint density at radius 3 is 2.52 bits per heavy atom. The van der Waals surface area contributed by atoms with Crippen LogP contribution in [0.15, 0.2) is 23.1 Å². The number of amides is 1. The van der Waals surface area contributed by atoms with Crippen molar-refractivity contribution in [3.05, 3.63) is 35.9 Å². The highest BCUT2D eigenvalue weighted by molar-refractivity contribution is 5.92. The van der Waals surface area contributed by atoms with Crippen molar-refractivity contribution in [2.75, 3.05) is 31.1 Å². The third kappa shape index (κ3) is 2.99. The lowest BCUT2D eigenvalue weighted by atomic mass is 10.0. The van der Waals surface area contributed by atoms with Gasteiger partial charge in [-0.25, -0.2) is 15.0 Å². The van der Waals surface area contributed by atoms with E-state index in [4.69, 9.17) is 4.42 Å². The molecule has 0 spiro atoms. The Morgan fingerprint density at radius 2 is 1.92 bits per heavy atom. The quantitative estimate of drug-likeness (QED) is 0.851. The molecule has 1 amide bonds. The molecular formula is C18H23N5O2. The lowest BCUT2D eigenvalue weighted by Gasteiger charge is -2.22. The number of oxazole rings is 1. The van der Waals surface area contributed by atoms with Crippen LogP contribution in [-0.2, 0) is 0 Å². The van der Waals surface area contributed by atoms with E-state index >= 15 is 0 Å². The van der Waals surface area contributed by atoms with Crippen LogP contribution >= 0.6 is 0 Å². The Kier molecular flexibility index (Phi) is 3.94. The van der Waals surface area contributed by atoms with Crippen LogP contribution in [0.25, 0.3) is 0 Å². The first-order valence-electron chi connectivity index (χ1n) is 8.79. The first kappa shape index (κ1) is 16.1. The van der Waals surface area contributed by atoms with Crippen LogP contribution in [0.4, 0.5) is 5.82 Å². The van der Waals surface area contributed by atoms with Gasteiger partial charge in [0.1, 0.15) is 18.4 Å². The van der Waals surface area contributed by atoms with Gasteiger partial charge in [0, 0.05) is 56.7 Å². The van der Waals surface area contributed by atoms with Gasteiger partial charge in [-0.3, -0.25) is 4.79 Å². The molecule has 25 heavy (non-hydrogen) atoms. The number of nitrogens with zero attached hydrogens (tertiary/aromatic N) is 5. The molecule has 2 aliphatic rings. The van der Waals surface area contributed by atoms with Gasteiger partial charge >= 0.3 is 0 Å². The fourth-order valence-electron chi connectivity index (χ4n) is 3.82. The second kappa shape index (κ2) is 6.13. The fraction of sp³-hybridized carbons (Fsp3) is 0.556. The van der Waals surface area contributed by atoms with E-state index in [-0.39, 0.29) is 5.91 Å². The molecule has 132 valence electrons. The normalized spacial score (nSPS) is 22.7. The van der Waals surface area contributed by atoms with Gasteiger partial charge in [-0.15, -0.1) is 0 Å². The Hall–Kier alpha value is -2.44. The predicted octanol–water partition coefficient (Wildman–Crippen LogP) is 2.10. The van der Waals surface area contributed by atoms with Crippen LogP contribution in [0, 0.1) is 18.8 Å². The monoisotopic (exact) mass is 341 g/mol. The van der Waals surface area contributed by atoms with Crippen molar-refractivity contribution in [1.82, 2.24) is 19.9 Å². The Balaban J connectivity index is 1.42. The number of aromatic nitrogens is 3. The zero-order valence-electron chi connectivity index (χ0n) is 14.8. The molecule has 4 heterocycles. The summed E-state index contributed by atoms with van der Waals surface area (Å²) in [7, 11) is 0. The first-order valence-corrected chi connectivity index (χ1v) is 8.79. The lowest BCUT2D eigenvalue weighted by Crippen LogP contribution is -2.33. The van der Waals surface area contributed by atoms with Gasteiger partial charge in [0.15, 0.2) is 11.6 Å². The van der Waals surface area contributed by atoms with Gasteiger partial charge < -0.3 is 14.2 Å². The molecule has 7 heteroatoms. The van der Waals surface area contributed by atoms with Crippen LogP contribution in [0.1, 0.15) is 41.8 Å². The summed E-state index contributed by atoms with van der Waals surface area (Å²) in [6.45, 7) is 9.43. The van der Waals surface area contributed by atoms with Gasteiger partial charge in [0.25, 0.3) is 5.91 Å². The first-order chi connectivity index (χ1) is 12.0.